The Labute approximate surface area is 104 Å². The van der Waals surface area contributed by atoms with E-state index in [0.717, 1.165) is 0 Å². The zero-order valence-electron chi connectivity index (χ0n) is 10.0. The number of methoxy groups -OCH3 is 2. The molecule has 5 nitrogen and oxygen atoms in total. The predicted molar refractivity (Wildman–Crippen MR) is 63.5 cm³/mol. The lowest BCUT2D eigenvalue weighted by Crippen LogP contribution is -2.04. The highest BCUT2D eigenvalue weighted by atomic mass is 16.5. The standard InChI is InChI=1S/C13H12O5/c1-17-11-8-9(4-3-5-12(14)15)6-7-10(11)13(16)18-2/h6-8H,5H2,1-2H3,(H,14,15). The van der Waals surface area contributed by atoms with Crippen molar-refractivity contribution in [2.75, 3.05) is 14.2 Å². The molecule has 18 heavy (non-hydrogen) atoms. The van der Waals surface area contributed by atoms with Gasteiger partial charge in [-0.15, -0.1) is 0 Å². The highest BCUT2D eigenvalue weighted by molar-refractivity contribution is 5.92. The van der Waals surface area contributed by atoms with Crippen molar-refractivity contribution < 1.29 is 24.2 Å². The molecule has 0 heterocycles. The van der Waals surface area contributed by atoms with Crippen LogP contribution in [0.5, 0.6) is 5.75 Å². The summed E-state index contributed by atoms with van der Waals surface area (Å²) < 4.78 is 9.65. The molecule has 0 radical (unpaired) electrons. The van der Waals surface area contributed by atoms with Crippen LogP contribution in [0.2, 0.25) is 0 Å². The third-order valence-electron chi connectivity index (χ3n) is 2.08. The van der Waals surface area contributed by atoms with Gasteiger partial charge in [-0.3, -0.25) is 4.79 Å². The molecule has 0 atom stereocenters. The topological polar surface area (TPSA) is 72.8 Å². The van der Waals surface area contributed by atoms with E-state index < -0.39 is 11.9 Å². The molecule has 0 spiro atoms. The molecule has 94 valence electrons. The largest absolute Gasteiger partial charge is 0.496 e. The Kier molecular flexibility index (Phi) is 4.76. The maximum atomic E-state index is 11.4. The fourth-order valence-electron chi connectivity index (χ4n) is 1.27. The van der Waals surface area contributed by atoms with E-state index in [-0.39, 0.29) is 6.42 Å². The van der Waals surface area contributed by atoms with Crippen LogP contribution >= 0.6 is 0 Å². The fourth-order valence-corrected chi connectivity index (χ4v) is 1.27. The number of hydrogen-bond donors (Lipinski definition) is 1. The smallest absolute Gasteiger partial charge is 0.341 e. The van der Waals surface area contributed by atoms with Crippen LogP contribution in [0.3, 0.4) is 0 Å². The van der Waals surface area contributed by atoms with Gasteiger partial charge in [0.2, 0.25) is 0 Å². The molecule has 0 saturated carbocycles. The van der Waals surface area contributed by atoms with Gasteiger partial charge < -0.3 is 14.6 Å². The van der Waals surface area contributed by atoms with Gasteiger partial charge in [0.15, 0.2) is 0 Å². The molecule has 1 aromatic rings. The number of carbonyl (C=O) groups is 2. The van der Waals surface area contributed by atoms with Crippen LogP contribution in [0.25, 0.3) is 0 Å². The molecule has 0 amide bonds. The van der Waals surface area contributed by atoms with E-state index >= 15 is 0 Å². The van der Waals surface area contributed by atoms with Crippen molar-refractivity contribution in [1.29, 1.82) is 0 Å². The number of carboxylic acid groups (broad SMARTS) is 1. The summed E-state index contributed by atoms with van der Waals surface area (Å²) in [5.74, 6) is 4.01. The van der Waals surface area contributed by atoms with Gasteiger partial charge in [0.25, 0.3) is 0 Å². The third kappa shape index (κ3) is 3.52. The molecular formula is C13H12O5. The molecule has 0 aliphatic rings. The molecule has 1 aromatic carbocycles. The Morgan fingerprint density at radius 1 is 1.33 bits per heavy atom. The van der Waals surface area contributed by atoms with Gasteiger partial charge >= 0.3 is 11.9 Å². The number of carbonyl (C=O) groups excluding carboxylic acids is 1. The van der Waals surface area contributed by atoms with Crippen molar-refractivity contribution >= 4 is 11.9 Å². The van der Waals surface area contributed by atoms with Crippen LogP contribution in [0.4, 0.5) is 0 Å². The summed E-state index contributed by atoms with van der Waals surface area (Å²) in [5.41, 5.74) is 0.865. The van der Waals surface area contributed by atoms with Gasteiger partial charge in [-0.2, -0.15) is 0 Å². The number of rotatable bonds is 3. The van der Waals surface area contributed by atoms with Gasteiger partial charge in [-0.1, -0.05) is 11.8 Å². The van der Waals surface area contributed by atoms with E-state index in [2.05, 4.69) is 16.6 Å². The minimum atomic E-state index is -0.986. The van der Waals surface area contributed by atoms with E-state index in [4.69, 9.17) is 9.84 Å². The Morgan fingerprint density at radius 2 is 2.06 bits per heavy atom. The first-order valence-corrected chi connectivity index (χ1v) is 5.05. The Hall–Kier alpha value is -2.48. The van der Waals surface area contributed by atoms with Crippen molar-refractivity contribution in [2.24, 2.45) is 0 Å². The van der Waals surface area contributed by atoms with Crippen LogP contribution in [0.1, 0.15) is 22.3 Å². The lowest BCUT2D eigenvalue weighted by atomic mass is 10.1. The van der Waals surface area contributed by atoms with Crippen LogP contribution in [-0.4, -0.2) is 31.3 Å². The van der Waals surface area contributed by atoms with E-state index in [1.807, 2.05) is 0 Å². The Balaban J connectivity index is 3.01. The molecular weight excluding hydrogens is 236 g/mol. The number of ether oxygens (including phenoxy) is 2. The first-order chi connectivity index (χ1) is 8.58. The number of benzene rings is 1. The molecule has 5 heteroatoms. The molecule has 0 saturated heterocycles. The average Bonchev–Trinajstić information content (AvgIpc) is 2.37. The first kappa shape index (κ1) is 13.6. The molecule has 0 bridgehead atoms. The summed E-state index contributed by atoms with van der Waals surface area (Å²) in [6.45, 7) is 0. The molecule has 1 rings (SSSR count). The maximum Gasteiger partial charge on any atom is 0.341 e. The SMILES string of the molecule is COC(=O)c1ccc(C#CCC(=O)O)cc1OC. The summed E-state index contributed by atoms with van der Waals surface area (Å²) in [5, 5.41) is 8.45. The normalized spacial score (nSPS) is 9.00. The number of esters is 1. The number of carboxylic acids is 1. The summed E-state index contributed by atoms with van der Waals surface area (Å²) in [7, 11) is 2.71. The van der Waals surface area contributed by atoms with Gasteiger partial charge in [-0.25, -0.2) is 4.79 Å². The van der Waals surface area contributed by atoms with Gasteiger partial charge in [-0.05, 0) is 18.2 Å². The highest BCUT2D eigenvalue weighted by Crippen LogP contribution is 2.20. The average molecular weight is 248 g/mol. The summed E-state index contributed by atoms with van der Waals surface area (Å²) >= 11 is 0. The van der Waals surface area contributed by atoms with Crippen LogP contribution in [0.15, 0.2) is 18.2 Å². The summed E-state index contributed by atoms with van der Waals surface area (Å²) in [6.07, 6.45) is -0.235. The monoisotopic (exact) mass is 248 g/mol. The minimum Gasteiger partial charge on any atom is -0.496 e. The molecule has 0 fully saturated rings. The highest BCUT2D eigenvalue weighted by Gasteiger charge is 2.12. The molecule has 0 aliphatic heterocycles. The quantitative estimate of drug-likeness (QED) is 0.645. The fraction of sp³-hybridized carbons (Fsp3) is 0.231. The van der Waals surface area contributed by atoms with Crippen LogP contribution < -0.4 is 4.74 Å². The second-order valence-electron chi connectivity index (χ2n) is 3.28. The minimum absolute atomic E-state index is 0.235. The van der Waals surface area contributed by atoms with E-state index in [1.54, 1.807) is 12.1 Å². The third-order valence-corrected chi connectivity index (χ3v) is 2.08. The lowest BCUT2D eigenvalue weighted by Gasteiger charge is -2.06. The summed E-state index contributed by atoms with van der Waals surface area (Å²) in [4.78, 5) is 21.7. The van der Waals surface area contributed by atoms with E-state index in [1.165, 1.54) is 20.3 Å². The second-order valence-corrected chi connectivity index (χ2v) is 3.28. The first-order valence-electron chi connectivity index (χ1n) is 5.05. The van der Waals surface area contributed by atoms with Crippen molar-refractivity contribution in [1.82, 2.24) is 0 Å². The molecule has 0 aliphatic carbocycles. The number of hydrogen-bond acceptors (Lipinski definition) is 4. The van der Waals surface area contributed by atoms with Crippen molar-refractivity contribution in [3.63, 3.8) is 0 Å². The van der Waals surface area contributed by atoms with Crippen molar-refractivity contribution in [3.05, 3.63) is 29.3 Å². The Bertz CT molecular complexity index is 522. The summed E-state index contributed by atoms with van der Waals surface area (Å²) in [6, 6.07) is 4.68. The van der Waals surface area contributed by atoms with Crippen molar-refractivity contribution in [2.45, 2.75) is 6.42 Å². The van der Waals surface area contributed by atoms with Gasteiger partial charge in [0, 0.05) is 5.56 Å². The number of aliphatic carboxylic acids is 1. The molecule has 0 aromatic heterocycles. The molecule has 0 unspecified atom stereocenters. The molecule has 1 N–H and O–H groups in total. The zero-order valence-corrected chi connectivity index (χ0v) is 10.0. The second kappa shape index (κ2) is 6.30. The predicted octanol–water partition coefficient (Wildman–Crippen LogP) is 1.31. The van der Waals surface area contributed by atoms with Crippen LogP contribution in [0, 0.1) is 11.8 Å². The Morgan fingerprint density at radius 3 is 2.61 bits per heavy atom. The lowest BCUT2D eigenvalue weighted by molar-refractivity contribution is -0.135. The van der Waals surface area contributed by atoms with Crippen LogP contribution in [-0.2, 0) is 9.53 Å². The van der Waals surface area contributed by atoms with Gasteiger partial charge in [0.05, 0.1) is 14.2 Å². The van der Waals surface area contributed by atoms with Gasteiger partial charge in [0.1, 0.15) is 17.7 Å². The van der Waals surface area contributed by atoms with E-state index in [9.17, 15) is 9.59 Å². The van der Waals surface area contributed by atoms with E-state index in [0.29, 0.717) is 16.9 Å². The zero-order chi connectivity index (χ0) is 13.5. The maximum absolute atomic E-state index is 11.4. The van der Waals surface area contributed by atoms with Crippen molar-refractivity contribution in [3.8, 4) is 17.6 Å².